The van der Waals surface area contributed by atoms with Crippen LogP contribution in [-0.4, -0.2) is 36.6 Å². The number of benzene rings is 2. The van der Waals surface area contributed by atoms with Gasteiger partial charge in [0, 0.05) is 58.9 Å². The van der Waals surface area contributed by atoms with E-state index in [9.17, 15) is 14.4 Å². The van der Waals surface area contributed by atoms with Gasteiger partial charge in [-0.15, -0.1) is 0 Å². The molecule has 1 aromatic heterocycles. The van der Waals surface area contributed by atoms with Gasteiger partial charge in [-0.2, -0.15) is 0 Å². The lowest BCUT2D eigenvalue weighted by atomic mass is 9.90. The van der Waals surface area contributed by atoms with Gasteiger partial charge in [0.2, 0.25) is 5.91 Å². The molecular weight excluding hydrogens is 528 g/mol. The topological polar surface area (TPSA) is 116 Å². The predicted octanol–water partition coefficient (Wildman–Crippen LogP) is 5.17. The molecule has 206 valence electrons. The van der Waals surface area contributed by atoms with E-state index in [0.29, 0.717) is 57.3 Å². The molecule has 0 bridgehead atoms. The molecule has 2 aromatic carbocycles. The lowest BCUT2D eigenvalue weighted by Crippen LogP contribution is -2.34. The molecule has 1 heterocycles. The number of Topliss-reactive ketones (excluding diaryl/α,β-unsaturated/α-hetero) is 1. The second kappa shape index (κ2) is 12.6. The minimum absolute atomic E-state index is 0.0982. The maximum absolute atomic E-state index is 13.7. The second-order valence-electron chi connectivity index (χ2n) is 9.47. The molecule has 3 aromatic rings. The fourth-order valence-electron chi connectivity index (χ4n) is 4.73. The number of nitrogens with zero attached hydrogens (tertiary/aromatic N) is 2. The molecular formula is C31H31ClN4O4. The van der Waals surface area contributed by atoms with Crippen LogP contribution in [0.15, 0.2) is 87.3 Å². The summed E-state index contributed by atoms with van der Waals surface area (Å²) in [4.78, 5) is 43.7. The number of ether oxygens (including phenoxy) is 1. The van der Waals surface area contributed by atoms with Crippen molar-refractivity contribution in [2.75, 3.05) is 25.2 Å². The van der Waals surface area contributed by atoms with Gasteiger partial charge >= 0.3 is 0 Å². The Labute approximate surface area is 237 Å². The summed E-state index contributed by atoms with van der Waals surface area (Å²) >= 11 is 6.32. The molecule has 40 heavy (non-hydrogen) atoms. The number of anilines is 2. The number of aliphatic imine (C=N–C) groups is 1. The van der Waals surface area contributed by atoms with Gasteiger partial charge in [-0.25, -0.2) is 0 Å². The van der Waals surface area contributed by atoms with Crippen LogP contribution < -0.4 is 21.3 Å². The summed E-state index contributed by atoms with van der Waals surface area (Å²) in [5.41, 5.74) is 9.76. The van der Waals surface area contributed by atoms with Crippen molar-refractivity contribution in [1.82, 2.24) is 4.57 Å². The van der Waals surface area contributed by atoms with Gasteiger partial charge in [-0.1, -0.05) is 41.9 Å². The molecule has 1 amide bonds. The average Bonchev–Trinajstić information content (AvgIpc) is 2.94. The van der Waals surface area contributed by atoms with Crippen LogP contribution in [0.2, 0.25) is 0 Å². The standard InChI is InChI=1S/C31H31ClN4O4/c1-19(37)24-11-9-22(32)15-25(24)26-16-30(38)36(18-29(26)40-3)28(13-20-7-5-4-6-8-20)31(39)35-23-10-12-27(33)21(14-23)17-34-2/h4-8,10,12,14-18,28H,9,11,13,33H2,1-3H3,(H,35,39)/t28-/m1/s1. The number of hydrogen-bond acceptors (Lipinski definition) is 6. The SMILES string of the molecule is CN=Cc1cc(NC(=O)[C@@H](Cc2ccccc2)n2cc(OC)c(C3=C(C(C)=O)CCC(Cl)=C3)cc2=O)ccc1N. The van der Waals surface area contributed by atoms with Gasteiger partial charge in [0.1, 0.15) is 11.8 Å². The third-order valence-electron chi connectivity index (χ3n) is 6.75. The number of aromatic nitrogens is 1. The third kappa shape index (κ3) is 6.40. The van der Waals surface area contributed by atoms with E-state index in [1.165, 1.54) is 30.9 Å². The Morgan fingerprint density at radius 2 is 1.93 bits per heavy atom. The van der Waals surface area contributed by atoms with Crippen LogP contribution in [0, 0.1) is 0 Å². The molecule has 0 aliphatic heterocycles. The molecule has 9 heteroatoms. The molecule has 4 rings (SSSR count). The second-order valence-corrected chi connectivity index (χ2v) is 9.95. The Hall–Kier alpha value is -4.43. The van der Waals surface area contributed by atoms with Crippen LogP contribution in [0.4, 0.5) is 11.4 Å². The molecule has 1 aliphatic rings. The van der Waals surface area contributed by atoms with E-state index in [1.54, 1.807) is 37.5 Å². The molecule has 0 spiro atoms. The zero-order valence-electron chi connectivity index (χ0n) is 22.6. The molecule has 1 aliphatic carbocycles. The van der Waals surface area contributed by atoms with Crippen LogP contribution in [0.5, 0.6) is 5.75 Å². The molecule has 0 unspecified atom stereocenters. The molecule has 1 atom stereocenters. The first kappa shape index (κ1) is 28.6. The Kier molecular flexibility index (Phi) is 9.01. The fourth-order valence-corrected chi connectivity index (χ4v) is 4.93. The Bertz CT molecular complexity index is 1590. The smallest absolute Gasteiger partial charge is 0.252 e. The summed E-state index contributed by atoms with van der Waals surface area (Å²) < 4.78 is 7.03. The van der Waals surface area contributed by atoms with Gasteiger partial charge in [-0.3, -0.25) is 23.9 Å². The summed E-state index contributed by atoms with van der Waals surface area (Å²) in [5.74, 6) is -0.149. The number of halogens is 1. The van der Waals surface area contributed by atoms with Crippen molar-refractivity contribution in [2.45, 2.75) is 32.2 Å². The van der Waals surface area contributed by atoms with Crippen molar-refractivity contribution in [3.05, 3.63) is 105 Å². The maximum atomic E-state index is 13.7. The van der Waals surface area contributed by atoms with Crippen LogP contribution in [-0.2, 0) is 16.0 Å². The first-order valence-electron chi connectivity index (χ1n) is 12.8. The van der Waals surface area contributed by atoms with E-state index in [1.807, 2.05) is 30.3 Å². The third-order valence-corrected chi connectivity index (χ3v) is 7.05. The fraction of sp³-hybridized carbons (Fsp3) is 0.226. The Morgan fingerprint density at radius 1 is 1.18 bits per heavy atom. The highest BCUT2D eigenvalue weighted by molar-refractivity contribution is 6.31. The van der Waals surface area contributed by atoms with Crippen LogP contribution in [0.1, 0.15) is 42.5 Å². The van der Waals surface area contributed by atoms with Gasteiger partial charge in [-0.05, 0) is 55.2 Å². The van der Waals surface area contributed by atoms with Crippen molar-refractivity contribution in [3.63, 3.8) is 0 Å². The average molecular weight is 559 g/mol. The zero-order chi connectivity index (χ0) is 28.8. The largest absolute Gasteiger partial charge is 0.495 e. The highest BCUT2D eigenvalue weighted by Gasteiger charge is 2.26. The van der Waals surface area contributed by atoms with Gasteiger partial charge < -0.3 is 15.8 Å². The van der Waals surface area contributed by atoms with E-state index in [-0.39, 0.29) is 12.2 Å². The monoisotopic (exact) mass is 558 g/mol. The number of hydrogen-bond donors (Lipinski definition) is 2. The van der Waals surface area contributed by atoms with Crippen molar-refractivity contribution in [1.29, 1.82) is 0 Å². The Morgan fingerprint density at radius 3 is 2.60 bits per heavy atom. The van der Waals surface area contributed by atoms with Crippen molar-refractivity contribution in [3.8, 4) is 5.75 Å². The number of nitrogens with two attached hydrogens (primary N) is 1. The van der Waals surface area contributed by atoms with E-state index in [0.717, 1.165) is 5.56 Å². The Balaban J connectivity index is 1.80. The highest BCUT2D eigenvalue weighted by Crippen LogP contribution is 2.36. The van der Waals surface area contributed by atoms with Crippen LogP contribution in [0.3, 0.4) is 0 Å². The lowest BCUT2D eigenvalue weighted by molar-refractivity contribution is -0.119. The minimum Gasteiger partial charge on any atom is -0.495 e. The quantitative estimate of drug-likeness (QED) is 0.278. The number of amides is 1. The number of pyridine rings is 1. The lowest BCUT2D eigenvalue weighted by Gasteiger charge is -2.23. The van der Waals surface area contributed by atoms with Gasteiger partial charge in [0.15, 0.2) is 5.78 Å². The zero-order valence-corrected chi connectivity index (χ0v) is 23.4. The van der Waals surface area contributed by atoms with Gasteiger partial charge in [0.25, 0.3) is 5.56 Å². The number of carbonyl (C=O) groups is 2. The number of rotatable bonds is 9. The van der Waals surface area contributed by atoms with Gasteiger partial charge in [0.05, 0.1) is 13.3 Å². The van der Waals surface area contributed by atoms with Crippen LogP contribution >= 0.6 is 11.6 Å². The van der Waals surface area contributed by atoms with E-state index >= 15 is 0 Å². The molecule has 3 N–H and O–H groups in total. The number of methoxy groups -OCH3 is 1. The minimum atomic E-state index is -0.912. The number of allylic oxidation sites excluding steroid dienone is 4. The van der Waals surface area contributed by atoms with E-state index in [4.69, 9.17) is 22.1 Å². The maximum Gasteiger partial charge on any atom is 0.252 e. The van der Waals surface area contributed by atoms with E-state index < -0.39 is 17.5 Å². The molecule has 0 radical (unpaired) electrons. The van der Waals surface area contributed by atoms with Crippen molar-refractivity contribution >= 4 is 46.5 Å². The summed E-state index contributed by atoms with van der Waals surface area (Å²) in [6.45, 7) is 1.49. The van der Waals surface area contributed by atoms with Crippen LogP contribution in [0.25, 0.3) is 5.57 Å². The number of carbonyl (C=O) groups excluding carboxylic acids is 2. The predicted molar refractivity (Wildman–Crippen MR) is 160 cm³/mol. The molecule has 0 saturated carbocycles. The molecule has 8 nitrogen and oxygen atoms in total. The number of nitrogen functional groups attached to an aromatic ring is 1. The number of ketones is 1. The molecule has 0 saturated heterocycles. The summed E-state index contributed by atoms with van der Waals surface area (Å²) in [5, 5.41) is 3.51. The molecule has 0 fully saturated rings. The van der Waals surface area contributed by atoms with E-state index in [2.05, 4.69) is 10.3 Å². The normalized spacial score (nSPS) is 14.2. The summed E-state index contributed by atoms with van der Waals surface area (Å²) in [6.07, 6.45) is 6.10. The summed E-state index contributed by atoms with van der Waals surface area (Å²) in [7, 11) is 3.11. The summed E-state index contributed by atoms with van der Waals surface area (Å²) in [6, 6.07) is 15.0. The van der Waals surface area contributed by atoms with Crippen molar-refractivity contribution < 1.29 is 14.3 Å². The van der Waals surface area contributed by atoms with Crippen molar-refractivity contribution in [2.24, 2.45) is 4.99 Å². The first-order chi connectivity index (χ1) is 19.2. The number of nitrogens with one attached hydrogen (secondary N) is 1. The first-order valence-corrected chi connectivity index (χ1v) is 13.2. The highest BCUT2D eigenvalue weighted by atomic mass is 35.5.